The summed E-state index contributed by atoms with van der Waals surface area (Å²) in [6.45, 7) is 6.78. The molecule has 2 rings (SSSR count). The molecule has 0 bridgehead atoms. The Morgan fingerprint density at radius 3 is 2.25 bits per heavy atom. The van der Waals surface area contributed by atoms with Gasteiger partial charge in [0.1, 0.15) is 5.60 Å². The van der Waals surface area contributed by atoms with Gasteiger partial charge in [0.25, 0.3) is 5.91 Å². The van der Waals surface area contributed by atoms with Crippen LogP contribution in [0.3, 0.4) is 0 Å². The zero-order chi connectivity index (χ0) is 20.7. The summed E-state index contributed by atoms with van der Waals surface area (Å²) in [6, 6.07) is 13.4. The van der Waals surface area contributed by atoms with Crippen LogP contribution in [-0.4, -0.2) is 30.2 Å². The second-order valence-electron chi connectivity index (χ2n) is 7.20. The monoisotopic (exact) mass is 384 g/mol. The average molecular weight is 384 g/mol. The van der Waals surface area contributed by atoms with Crippen LogP contribution in [0.5, 0.6) is 0 Å². The summed E-state index contributed by atoms with van der Waals surface area (Å²) in [6.07, 6.45) is -0.629. The molecule has 2 aromatic rings. The van der Waals surface area contributed by atoms with Crippen molar-refractivity contribution in [3.63, 3.8) is 0 Å². The molecule has 7 heteroatoms. The summed E-state index contributed by atoms with van der Waals surface area (Å²) in [4.78, 5) is 35.9. The number of hydrogen-bond acceptors (Lipinski definition) is 5. The van der Waals surface area contributed by atoms with Crippen LogP contribution in [-0.2, 0) is 14.3 Å². The number of anilines is 2. The summed E-state index contributed by atoms with van der Waals surface area (Å²) >= 11 is 0. The van der Waals surface area contributed by atoms with Gasteiger partial charge in [-0.3, -0.25) is 10.1 Å². The van der Waals surface area contributed by atoms with Gasteiger partial charge in [0.15, 0.2) is 6.61 Å². The minimum absolute atomic E-state index is 0.205. The summed E-state index contributed by atoms with van der Waals surface area (Å²) < 4.78 is 10.2. The Labute approximate surface area is 164 Å². The van der Waals surface area contributed by atoms with Crippen LogP contribution in [0, 0.1) is 6.92 Å². The minimum atomic E-state index is -0.674. The van der Waals surface area contributed by atoms with Gasteiger partial charge in [-0.2, -0.15) is 0 Å². The number of amides is 2. The Morgan fingerprint density at radius 1 is 0.929 bits per heavy atom. The molecule has 2 N–H and O–H groups in total. The fourth-order valence-electron chi connectivity index (χ4n) is 2.19. The first-order valence-electron chi connectivity index (χ1n) is 8.76. The smallest absolute Gasteiger partial charge is 0.412 e. The van der Waals surface area contributed by atoms with Crippen LogP contribution in [0.25, 0.3) is 0 Å². The maximum Gasteiger partial charge on any atom is 0.412 e. The van der Waals surface area contributed by atoms with E-state index in [1.165, 1.54) is 12.1 Å². The van der Waals surface area contributed by atoms with Crippen molar-refractivity contribution in [3.05, 3.63) is 59.7 Å². The normalized spacial score (nSPS) is 10.7. The van der Waals surface area contributed by atoms with Crippen molar-refractivity contribution in [2.45, 2.75) is 33.3 Å². The molecular weight excluding hydrogens is 360 g/mol. The number of esters is 1. The van der Waals surface area contributed by atoms with E-state index >= 15 is 0 Å². The maximum atomic E-state index is 12.2. The molecule has 0 unspecified atom stereocenters. The molecule has 0 saturated heterocycles. The van der Waals surface area contributed by atoms with Crippen LogP contribution in [0.4, 0.5) is 16.2 Å². The quantitative estimate of drug-likeness (QED) is 0.756. The number of rotatable bonds is 5. The van der Waals surface area contributed by atoms with Gasteiger partial charge < -0.3 is 14.8 Å². The van der Waals surface area contributed by atoms with E-state index in [4.69, 9.17) is 9.47 Å². The van der Waals surface area contributed by atoms with E-state index in [0.29, 0.717) is 11.4 Å². The first kappa shape index (κ1) is 21.0. The summed E-state index contributed by atoms with van der Waals surface area (Å²) in [5.74, 6) is -1.12. The number of benzene rings is 2. The van der Waals surface area contributed by atoms with E-state index in [1.807, 2.05) is 19.1 Å². The van der Waals surface area contributed by atoms with Crippen molar-refractivity contribution in [2.75, 3.05) is 17.2 Å². The average Bonchev–Trinajstić information content (AvgIpc) is 2.60. The van der Waals surface area contributed by atoms with Crippen LogP contribution in [0.2, 0.25) is 0 Å². The number of carbonyl (C=O) groups is 3. The molecule has 0 heterocycles. The second kappa shape index (κ2) is 9.03. The number of ether oxygens (including phenoxy) is 2. The molecule has 0 saturated carbocycles. The topological polar surface area (TPSA) is 93.7 Å². The third-order valence-corrected chi connectivity index (χ3v) is 3.41. The second-order valence-corrected chi connectivity index (χ2v) is 7.20. The highest BCUT2D eigenvalue weighted by atomic mass is 16.6. The molecule has 28 heavy (non-hydrogen) atoms. The van der Waals surface area contributed by atoms with E-state index in [9.17, 15) is 14.4 Å². The fourth-order valence-corrected chi connectivity index (χ4v) is 2.19. The molecule has 0 fully saturated rings. The summed E-state index contributed by atoms with van der Waals surface area (Å²) in [5.41, 5.74) is 1.65. The van der Waals surface area contributed by atoms with E-state index in [0.717, 1.165) is 5.56 Å². The third kappa shape index (κ3) is 7.11. The molecule has 2 aromatic carbocycles. The van der Waals surface area contributed by atoms with Crippen molar-refractivity contribution >= 4 is 29.3 Å². The lowest BCUT2D eigenvalue weighted by Gasteiger charge is -2.19. The lowest BCUT2D eigenvalue weighted by molar-refractivity contribution is -0.119. The van der Waals surface area contributed by atoms with Crippen LogP contribution in [0.1, 0.15) is 36.7 Å². The number of nitrogens with one attached hydrogen (secondary N) is 2. The lowest BCUT2D eigenvalue weighted by atomic mass is 10.2. The summed E-state index contributed by atoms with van der Waals surface area (Å²) in [7, 11) is 0. The first-order chi connectivity index (χ1) is 13.1. The highest BCUT2D eigenvalue weighted by Crippen LogP contribution is 2.14. The number of hydrogen-bond donors (Lipinski definition) is 2. The zero-order valence-electron chi connectivity index (χ0n) is 16.4. The molecule has 7 nitrogen and oxygen atoms in total. The Kier molecular flexibility index (Phi) is 6.76. The van der Waals surface area contributed by atoms with Gasteiger partial charge in [-0.1, -0.05) is 23.8 Å². The molecule has 0 radical (unpaired) electrons. The molecular formula is C21H24N2O5. The van der Waals surface area contributed by atoms with Crippen molar-refractivity contribution in [2.24, 2.45) is 0 Å². The van der Waals surface area contributed by atoms with Crippen LogP contribution >= 0.6 is 0 Å². The van der Waals surface area contributed by atoms with Crippen molar-refractivity contribution in [1.29, 1.82) is 0 Å². The van der Waals surface area contributed by atoms with Gasteiger partial charge in [-0.25, -0.2) is 9.59 Å². The zero-order valence-corrected chi connectivity index (χ0v) is 16.4. The Balaban J connectivity index is 1.89. The first-order valence-corrected chi connectivity index (χ1v) is 8.76. The largest absolute Gasteiger partial charge is 0.452 e. The Hall–Kier alpha value is -3.35. The molecule has 2 amide bonds. The molecule has 0 aliphatic carbocycles. The van der Waals surface area contributed by atoms with Crippen LogP contribution in [0.15, 0.2) is 48.5 Å². The van der Waals surface area contributed by atoms with E-state index in [2.05, 4.69) is 10.6 Å². The van der Waals surface area contributed by atoms with E-state index < -0.39 is 30.2 Å². The van der Waals surface area contributed by atoms with Gasteiger partial charge >= 0.3 is 12.1 Å². The molecule has 0 aliphatic rings. The summed E-state index contributed by atoms with van der Waals surface area (Å²) in [5, 5.41) is 5.19. The Morgan fingerprint density at radius 2 is 1.61 bits per heavy atom. The highest BCUT2D eigenvalue weighted by Gasteiger charge is 2.17. The van der Waals surface area contributed by atoms with Crippen LogP contribution < -0.4 is 10.6 Å². The van der Waals surface area contributed by atoms with E-state index in [1.54, 1.807) is 45.0 Å². The molecule has 0 aromatic heterocycles. The predicted molar refractivity (Wildman–Crippen MR) is 106 cm³/mol. The molecule has 0 spiro atoms. The fraction of sp³-hybridized carbons (Fsp3) is 0.286. The SMILES string of the molecule is Cc1ccc(NC(=O)COC(=O)c2cccc(NC(=O)OC(C)(C)C)c2)cc1. The molecule has 0 atom stereocenters. The van der Waals surface area contributed by atoms with Gasteiger partial charge in [0.2, 0.25) is 0 Å². The number of carbonyl (C=O) groups excluding carboxylic acids is 3. The maximum absolute atomic E-state index is 12.2. The minimum Gasteiger partial charge on any atom is -0.452 e. The molecule has 148 valence electrons. The van der Waals surface area contributed by atoms with Gasteiger partial charge in [-0.15, -0.1) is 0 Å². The van der Waals surface area contributed by atoms with Crippen molar-refractivity contribution in [3.8, 4) is 0 Å². The molecule has 0 aliphatic heterocycles. The van der Waals surface area contributed by atoms with Crippen molar-refractivity contribution in [1.82, 2.24) is 0 Å². The lowest BCUT2D eigenvalue weighted by Crippen LogP contribution is -2.27. The standard InChI is InChI=1S/C21H24N2O5/c1-14-8-10-16(11-9-14)22-18(24)13-27-19(25)15-6-5-7-17(12-15)23-20(26)28-21(2,3)4/h5-12H,13H2,1-4H3,(H,22,24)(H,23,26). The van der Waals surface area contributed by atoms with E-state index in [-0.39, 0.29) is 5.56 Å². The predicted octanol–water partition coefficient (Wildman–Crippen LogP) is 4.14. The number of aryl methyl sites for hydroxylation is 1. The highest BCUT2D eigenvalue weighted by molar-refractivity contribution is 5.96. The van der Waals surface area contributed by atoms with Crippen molar-refractivity contribution < 1.29 is 23.9 Å². The third-order valence-electron chi connectivity index (χ3n) is 3.41. The van der Waals surface area contributed by atoms with Gasteiger partial charge in [-0.05, 0) is 58.0 Å². The Bertz CT molecular complexity index is 854. The van der Waals surface area contributed by atoms with Gasteiger partial charge in [0, 0.05) is 11.4 Å². The van der Waals surface area contributed by atoms with Gasteiger partial charge in [0.05, 0.1) is 5.56 Å².